The van der Waals surface area contributed by atoms with Crippen molar-refractivity contribution in [1.29, 1.82) is 0 Å². The molecule has 1 atom stereocenters. The smallest absolute Gasteiger partial charge is 0.178 e. The number of aromatic amines is 1. The van der Waals surface area contributed by atoms with Gasteiger partial charge in [0.2, 0.25) is 0 Å². The fraction of sp³-hybridized carbons (Fsp3) is 0.562. The Morgan fingerprint density at radius 2 is 2.24 bits per heavy atom. The van der Waals surface area contributed by atoms with Crippen molar-refractivity contribution in [2.75, 3.05) is 26.2 Å². The zero-order valence-electron chi connectivity index (χ0n) is 12.8. The molecule has 1 fully saturated rings. The number of hydrogen-bond acceptors (Lipinski definition) is 3. The zero-order chi connectivity index (χ0) is 14.8. The molecule has 0 radical (unpaired) electrons. The lowest BCUT2D eigenvalue weighted by molar-refractivity contribution is 0.186. The number of benzene rings is 1. The van der Waals surface area contributed by atoms with E-state index < -0.39 is 0 Å². The van der Waals surface area contributed by atoms with Crippen LogP contribution in [0.4, 0.5) is 0 Å². The fourth-order valence-electron chi connectivity index (χ4n) is 3.29. The van der Waals surface area contributed by atoms with E-state index in [1.165, 1.54) is 19.4 Å². The number of H-pyrrole nitrogens is 1. The predicted molar refractivity (Wildman–Crippen MR) is 88.7 cm³/mol. The standard InChI is InChI=1S/C16H23N3OS/c1-3-18-10-6-7-12(11-18)19-13-8-5-9-14(20-4-2)15(13)17-16(19)21/h5,8-9,12H,3-4,6-7,10-11H2,1-2H3,(H,17,21). The number of imidazole rings is 1. The largest absolute Gasteiger partial charge is 0.492 e. The van der Waals surface area contributed by atoms with E-state index in [0.29, 0.717) is 12.6 Å². The molecule has 1 aliphatic rings. The third-order valence-corrected chi connectivity index (χ3v) is 4.61. The molecule has 1 aromatic carbocycles. The molecule has 2 heterocycles. The van der Waals surface area contributed by atoms with Gasteiger partial charge in [0.1, 0.15) is 11.3 Å². The Hall–Kier alpha value is -1.33. The highest BCUT2D eigenvalue weighted by atomic mass is 32.1. The van der Waals surface area contributed by atoms with Crippen LogP contribution in [0.1, 0.15) is 32.7 Å². The van der Waals surface area contributed by atoms with Crippen molar-refractivity contribution in [2.24, 2.45) is 0 Å². The third kappa shape index (κ3) is 2.72. The minimum absolute atomic E-state index is 0.455. The lowest BCUT2D eigenvalue weighted by Gasteiger charge is -2.32. The Balaban J connectivity index is 2.04. The molecule has 5 heteroatoms. The first kappa shape index (κ1) is 14.6. The van der Waals surface area contributed by atoms with Crippen LogP contribution < -0.4 is 4.74 Å². The number of rotatable bonds is 4. The average Bonchev–Trinajstić information content (AvgIpc) is 2.85. The van der Waals surface area contributed by atoms with Crippen molar-refractivity contribution in [3.05, 3.63) is 23.0 Å². The molecule has 0 aliphatic carbocycles. The van der Waals surface area contributed by atoms with Gasteiger partial charge in [-0.05, 0) is 57.2 Å². The maximum atomic E-state index is 5.72. The highest BCUT2D eigenvalue weighted by molar-refractivity contribution is 7.71. The molecule has 3 rings (SSSR count). The Kier molecular flexibility index (Phi) is 4.31. The summed E-state index contributed by atoms with van der Waals surface area (Å²) in [5.41, 5.74) is 2.19. The Morgan fingerprint density at radius 3 is 3.00 bits per heavy atom. The molecule has 21 heavy (non-hydrogen) atoms. The highest BCUT2D eigenvalue weighted by Crippen LogP contribution is 2.30. The van der Waals surface area contributed by atoms with Gasteiger partial charge in [-0.1, -0.05) is 13.0 Å². The van der Waals surface area contributed by atoms with E-state index in [2.05, 4.69) is 27.4 Å². The maximum absolute atomic E-state index is 5.72. The van der Waals surface area contributed by atoms with Gasteiger partial charge in [-0.15, -0.1) is 0 Å². The van der Waals surface area contributed by atoms with E-state index in [4.69, 9.17) is 17.0 Å². The monoisotopic (exact) mass is 305 g/mol. The number of aromatic nitrogens is 2. The number of nitrogens with one attached hydrogen (secondary N) is 1. The summed E-state index contributed by atoms with van der Waals surface area (Å²) in [6, 6.07) is 6.64. The molecule has 0 saturated carbocycles. The molecule has 1 N–H and O–H groups in total. The molecule has 0 bridgehead atoms. The molecule has 2 aromatic rings. The summed E-state index contributed by atoms with van der Waals surface area (Å²) >= 11 is 5.59. The molecule has 114 valence electrons. The van der Waals surface area contributed by atoms with Gasteiger partial charge in [-0.3, -0.25) is 0 Å². The number of para-hydroxylation sites is 1. The van der Waals surface area contributed by atoms with Crippen LogP contribution in [0.5, 0.6) is 5.75 Å². The van der Waals surface area contributed by atoms with Crippen LogP contribution in [0.3, 0.4) is 0 Å². The summed E-state index contributed by atoms with van der Waals surface area (Å²) in [5, 5.41) is 0. The van der Waals surface area contributed by atoms with Crippen molar-refractivity contribution >= 4 is 23.3 Å². The Bertz CT molecular complexity index is 676. The zero-order valence-corrected chi connectivity index (χ0v) is 13.6. The molecule has 1 saturated heterocycles. The summed E-state index contributed by atoms with van der Waals surface area (Å²) in [6.07, 6.45) is 2.43. The van der Waals surface area contributed by atoms with Gasteiger partial charge >= 0.3 is 0 Å². The Morgan fingerprint density at radius 1 is 1.38 bits per heavy atom. The van der Waals surface area contributed by atoms with Crippen molar-refractivity contribution in [3.8, 4) is 5.75 Å². The van der Waals surface area contributed by atoms with Crippen LogP contribution in [-0.4, -0.2) is 40.7 Å². The second-order valence-electron chi connectivity index (χ2n) is 5.57. The van der Waals surface area contributed by atoms with Crippen molar-refractivity contribution in [2.45, 2.75) is 32.7 Å². The van der Waals surface area contributed by atoms with Crippen LogP contribution in [0.2, 0.25) is 0 Å². The number of likely N-dealkylation sites (tertiary alicyclic amines) is 1. The number of fused-ring (bicyclic) bond motifs is 1. The minimum atomic E-state index is 0.455. The molecular weight excluding hydrogens is 282 g/mol. The lowest BCUT2D eigenvalue weighted by atomic mass is 10.1. The second-order valence-corrected chi connectivity index (χ2v) is 5.96. The van der Waals surface area contributed by atoms with Gasteiger partial charge in [0.15, 0.2) is 4.77 Å². The summed E-state index contributed by atoms with van der Waals surface area (Å²) in [4.78, 5) is 5.85. The maximum Gasteiger partial charge on any atom is 0.178 e. The first-order valence-electron chi connectivity index (χ1n) is 7.83. The first-order valence-corrected chi connectivity index (χ1v) is 8.23. The number of piperidine rings is 1. The summed E-state index contributed by atoms with van der Waals surface area (Å²) in [7, 11) is 0. The average molecular weight is 305 g/mol. The van der Waals surface area contributed by atoms with E-state index in [-0.39, 0.29) is 0 Å². The predicted octanol–water partition coefficient (Wildman–Crippen LogP) is 3.75. The third-order valence-electron chi connectivity index (χ3n) is 4.31. The minimum Gasteiger partial charge on any atom is -0.492 e. The first-order chi connectivity index (χ1) is 10.2. The van der Waals surface area contributed by atoms with Crippen LogP contribution in [0.15, 0.2) is 18.2 Å². The van der Waals surface area contributed by atoms with E-state index in [1.54, 1.807) is 0 Å². The van der Waals surface area contributed by atoms with Gasteiger partial charge in [0.25, 0.3) is 0 Å². The molecule has 1 aliphatic heterocycles. The van der Waals surface area contributed by atoms with E-state index >= 15 is 0 Å². The number of nitrogens with zero attached hydrogens (tertiary/aromatic N) is 2. The van der Waals surface area contributed by atoms with Crippen LogP contribution >= 0.6 is 12.2 Å². The van der Waals surface area contributed by atoms with Crippen LogP contribution in [-0.2, 0) is 0 Å². The molecule has 0 spiro atoms. The lowest BCUT2D eigenvalue weighted by Crippen LogP contribution is -2.36. The second kappa shape index (κ2) is 6.20. The molecule has 1 aromatic heterocycles. The molecular formula is C16H23N3OS. The SMILES string of the molecule is CCOc1cccc2c1[nH]c(=S)n2C1CCCN(CC)C1. The normalized spacial score (nSPS) is 20.0. The van der Waals surface area contributed by atoms with Crippen molar-refractivity contribution in [3.63, 3.8) is 0 Å². The number of ether oxygens (including phenoxy) is 1. The molecule has 1 unspecified atom stereocenters. The van der Waals surface area contributed by atoms with Gasteiger partial charge in [0, 0.05) is 12.6 Å². The summed E-state index contributed by atoms with van der Waals surface area (Å²) in [5.74, 6) is 0.892. The number of likely N-dealkylation sites (N-methyl/N-ethyl adjacent to an activating group) is 1. The van der Waals surface area contributed by atoms with Gasteiger partial charge in [0.05, 0.1) is 12.1 Å². The van der Waals surface area contributed by atoms with Crippen molar-refractivity contribution in [1.82, 2.24) is 14.5 Å². The van der Waals surface area contributed by atoms with E-state index in [0.717, 1.165) is 34.6 Å². The van der Waals surface area contributed by atoms with E-state index in [1.807, 2.05) is 19.1 Å². The molecule has 4 nitrogen and oxygen atoms in total. The topological polar surface area (TPSA) is 33.2 Å². The van der Waals surface area contributed by atoms with Gasteiger partial charge in [-0.25, -0.2) is 0 Å². The van der Waals surface area contributed by atoms with E-state index in [9.17, 15) is 0 Å². The number of hydrogen-bond donors (Lipinski definition) is 1. The Labute approximate surface area is 130 Å². The highest BCUT2D eigenvalue weighted by Gasteiger charge is 2.23. The van der Waals surface area contributed by atoms with Gasteiger partial charge < -0.3 is 19.2 Å². The molecule has 0 amide bonds. The van der Waals surface area contributed by atoms with Crippen LogP contribution in [0.25, 0.3) is 11.0 Å². The quantitative estimate of drug-likeness (QED) is 0.873. The fourth-order valence-corrected chi connectivity index (χ4v) is 3.64. The van der Waals surface area contributed by atoms with Crippen molar-refractivity contribution < 1.29 is 4.74 Å². The van der Waals surface area contributed by atoms with Crippen LogP contribution in [0, 0.1) is 4.77 Å². The van der Waals surface area contributed by atoms with Gasteiger partial charge in [-0.2, -0.15) is 0 Å². The summed E-state index contributed by atoms with van der Waals surface area (Å²) < 4.78 is 8.81. The summed E-state index contributed by atoms with van der Waals surface area (Å²) in [6.45, 7) is 8.28.